The Morgan fingerprint density at radius 1 is 1.53 bits per heavy atom. The Labute approximate surface area is 133 Å². The van der Waals surface area contributed by atoms with E-state index in [0.29, 0.717) is 31.8 Å². The second-order valence-electron chi connectivity index (χ2n) is 4.72. The molecule has 0 bridgehead atoms. The van der Waals surface area contributed by atoms with Gasteiger partial charge in [0.1, 0.15) is 5.78 Å². The van der Waals surface area contributed by atoms with E-state index >= 15 is 0 Å². The summed E-state index contributed by atoms with van der Waals surface area (Å²) in [7, 11) is 0. The number of likely N-dealkylation sites (tertiary alicyclic amines) is 1. The van der Waals surface area contributed by atoms with Crippen molar-refractivity contribution in [1.29, 1.82) is 0 Å². The van der Waals surface area contributed by atoms with Gasteiger partial charge in [-0.3, -0.25) is 14.5 Å². The zero-order chi connectivity index (χ0) is 14.0. The predicted octanol–water partition coefficient (Wildman–Crippen LogP) is 3.76. The lowest BCUT2D eigenvalue weighted by atomic mass is 9.94. The van der Waals surface area contributed by atoms with Crippen LogP contribution in [0.15, 0.2) is 13.6 Å². The highest BCUT2D eigenvalue weighted by atomic mass is 79.9. The van der Waals surface area contributed by atoms with Crippen molar-refractivity contribution in [2.75, 3.05) is 19.6 Å². The van der Waals surface area contributed by atoms with Crippen LogP contribution in [0.25, 0.3) is 0 Å². The minimum absolute atomic E-state index is 0.0965. The molecule has 2 rings (SSSR count). The van der Waals surface area contributed by atoms with Crippen molar-refractivity contribution in [3.8, 4) is 0 Å². The van der Waals surface area contributed by atoms with Gasteiger partial charge in [-0.2, -0.15) is 0 Å². The lowest BCUT2D eigenvalue weighted by Gasteiger charge is -2.30. The summed E-state index contributed by atoms with van der Waals surface area (Å²) in [6.45, 7) is 3.83. The predicted molar refractivity (Wildman–Crippen MR) is 83.9 cm³/mol. The van der Waals surface area contributed by atoms with Crippen LogP contribution in [0.2, 0.25) is 0 Å². The fraction of sp³-hybridized carbons (Fsp3) is 0.538. The van der Waals surface area contributed by atoms with Gasteiger partial charge in [0, 0.05) is 31.0 Å². The molecule has 104 valence electrons. The normalized spacial score (nSPS) is 20.8. The second kappa shape index (κ2) is 6.61. The van der Waals surface area contributed by atoms with E-state index < -0.39 is 0 Å². The number of carbonyl (C=O) groups excluding carboxylic acids is 2. The lowest BCUT2D eigenvalue weighted by Crippen LogP contribution is -2.42. The van der Waals surface area contributed by atoms with Gasteiger partial charge in [-0.05, 0) is 44.3 Å². The van der Waals surface area contributed by atoms with E-state index in [2.05, 4.69) is 36.8 Å². The van der Waals surface area contributed by atoms with E-state index in [9.17, 15) is 9.59 Å². The number of carbonyl (C=O) groups is 2. The molecule has 3 nitrogen and oxygen atoms in total. The molecule has 1 atom stereocenters. The van der Waals surface area contributed by atoms with Gasteiger partial charge in [-0.1, -0.05) is 6.92 Å². The molecular weight excluding hydrogens is 394 g/mol. The highest BCUT2D eigenvalue weighted by Gasteiger charge is 2.27. The van der Waals surface area contributed by atoms with E-state index in [1.807, 2.05) is 13.0 Å². The monoisotopic (exact) mass is 407 g/mol. The van der Waals surface area contributed by atoms with Crippen molar-refractivity contribution in [2.24, 2.45) is 5.92 Å². The van der Waals surface area contributed by atoms with Crippen molar-refractivity contribution in [3.63, 3.8) is 0 Å². The van der Waals surface area contributed by atoms with Gasteiger partial charge in [0.25, 0.3) is 0 Å². The Kier molecular flexibility index (Phi) is 5.34. The highest BCUT2D eigenvalue weighted by Crippen LogP contribution is 2.32. The van der Waals surface area contributed by atoms with Crippen LogP contribution in [-0.2, 0) is 4.79 Å². The Bertz CT molecular complexity index is 501. The zero-order valence-electron chi connectivity index (χ0n) is 10.6. The molecule has 1 aliphatic heterocycles. The summed E-state index contributed by atoms with van der Waals surface area (Å²) >= 11 is 8.30. The number of halogens is 2. The minimum Gasteiger partial charge on any atom is -0.299 e. The van der Waals surface area contributed by atoms with Gasteiger partial charge in [-0.15, -0.1) is 11.3 Å². The minimum atomic E-state index is 0.0965. The lowest BCUT2D eigenvalue weighted by molar-refractivity contribution is -0.126. The molecular formula is C13H15Br2NO2S. The number of nitrogens with zero attached hydrogens (tertiary/aromatic N) is 1. The summed E-state index contributed by atoms with van der Waals surface area (Å²) in [5.41, 5.74) is 0.724. The molecule has 0 aliphatic carbocycles. The fourth-order valence-corrected chi connectivity index (χ4v) is 5.15. The summed E-state index contributed by atoms with van der Waals surface area (Å²) in [5, 5.41) is 0. The molecule has 0 radical (unpaired) electrons. The fourth-order valence-electron chi connectivity index (χ4n) is 2.30. The first-order valence-electron chi connectivity index (χ1n) is 6.24. The Morgan fingerprint density at radius 2 is 2.26 bits per heavy atom. The van der Waals surface area contributed by atoms with Crippen LogP contribution in [0.3, 0.4) is 0 Å². The topological polar surface area (TPSA) is 37.4 Å². The molecule has 0 amide bonds. The summed E-state index contributed by atoms with van der Waals surface area (Å²) in [6, 6.07) is 1.85. The maximum absolute atomic E-state index is 12.3. The molecule has 1 fully saturated rings. The van der Waals surface area contributed by atoms with Gasteiger partial charge in [-0.25, -0.2) is 0 Å². The van der Waals surface area contributed by atoms with Crippen molar-refractivity contribution in [1.82, 2.24) is 4.90 Å². The molecule has 6 heteroatoms. The number of hydrogen-bond donors (Lipinski definition) is 0. The third-order valence-electron chi connectivity index (χ3n) is 3.43. The first kappa shape index (κ1) is 15.4. The standard InChI is InChI=1S/C13H15Br2NO2S/c1-2-8-6-16(4-3-10(8)17)7-11(18)9-5-12(14)19-13(9)15/h5,8H,2-4,6-7H2,1H3. The summed E-state index contributed by atoms with van der Waals surface area (Å²) < 4.78 is 1.81. The maximum Gasteiger partial charge on any atom is 0.178 e. The van der Waals surface area contributed by atoms with Gasteiger partial charge in [0.15, 0.2) is 5.78 Å². The first-order chi connectivity index (χ1) is 9.01. The average Bonchev–Trinajstić information content (AvgIpc) is 2.71. The third-order valence-corrected chi connectivity index (χ3v) is 5.76. The van der Waals surface area contributed by atoms with E-state index in [-0.39, 0.29) is 11.7 Å². The molecule has 19 heavy (non-hydrogen) atoms. The van der Waals surface area contributed by atoms with Crippen LogP contribution in [-0.4, -0.2) is 36.1 Å². The number of ketones is 2. The third kappa shape index (κ3) is 3.74. The van der Waals surface area contributed by atoms with Crippen LogP contribution in [0.4, 0.5) is 0 Å². The van der Waals surface area contributed by atoms with Crippen LogP contribution < -0.4 is 0 Å². The molecule has 1 saturated heterocycles. The molecule has 0 N–H and O–H groups in total. The zero-order valence-corrected chi connectivity index (χ0v) is 14.6. The van der Waals surface area contributed by atoms with Gasteiger partial charge < -0.3 is 0 Å². The smallest absolute Gasteiger partial charge is 0.178 e. The van der Waals surface area contributed by atoms with E-state index in [1.165, 1.54) is 11.3 Å². The van der Waals surface area contributed by atoms with E-state index in [0.717, 1.165) is 19.6 Å². The van der Waals surface area contributed by atoms with Crippen molar-refractivity contribution in [3.05, 3.63) is 19.2 Å². The Morgan fingerprint density at radius 3 is 2.84 bits per heavy atom. The Hall–Kier alpha value is -0.0400. The quantitative estimate of drug-likeness (QED) is 0.711. The molecule has 1 unspecified atom stereocenters. The van der Waals surface area contributed by atoms with Gasteiger partial charge in [0.2, 0.25) is 0 Å². The molecule has 0 saturated carbocycles. The maximum atomic E-state index is 12.3. The van der Waals surface area contributed by atoms with Crippen molar-refractivity contribution >= 4 is 54.8 Å². The Balaban J connectivity index is 2.00. The number of hydrogen-bond acceptors (Lipinski definition) is 4. The number of piperidine rings is 1. The molecule has 1 aliphatic rings. The molecule has 2 heterocycles. The van der Waals surface area contributed by atoms with Gasteiger partial charge in [0.05, 0.1) is 14.1 Å². The SMILES string of the molecule is CCC1CN(CC(=O)c2cc(Br)sc2Br)CCC1=O. The van der Waals surface area contributed by atoms with Crippen LogP contribution in [0, 0.1) is 5.92 Å². The van der Waals surface area contributed by atoms with Crippen LogP contribution in [0.1, 0.15) is 30.1 Å². The molecule has 1 aromatic rings. The highest BCUT2D eigenvalue weighted by molar-refractivity contribution is 9.12. The summed E-state index contributed by atoms with van der Waals surface area (Å²) in [4.78, 5) is 26.0. The number of rotatable bonds is 4. The average molecular weight is 409 g/mol. The number of Topliss-reactive ketones (excluding diaryl/α,β-unsaturated/α-hetero) is 2. The molecule has 0 spiro atoms. The van der Waals surface area contributed by atoms with E-state index in [4.69, 9.17) is 0 Å². The molecule has 0 aromatic carbocycles. The summed E-state index contributed by atoms with van der Waals surface area (Å²) in [5.74, 6) is 0.544. The van der Waals surface area contributed by atoms with E-state index in [1.54, 1.807) is 0 Å². The van der Waals surface area contributed by atoms with Crippen LogP contribution in [0.5, 0.6) is 0 Å². The largest absolute Gasteiger partial charge is 0.299 e. The number of thiophene rings is 1. The van der Waals surface area contributed by atoms with Crippen LogP contribution >= 0.6 is 43.2 Å². The van der Waals surface area contributed by atoms with Crippen molar-refractivity contribution < 1.29 is 9.59 Å². The van der Waals surface area contributed by atoms with Crippen molar-refractivity contribution in [2.45, 2.75) is 19.8 Å². The first-order valence-corrected chi connectivity index (χ1v) is 8.64. The second-order valence-corrected chi connectivity index (χ2v) is 8.47. The molecule has 1 aromatic heterocycles. The van der Waals surface area contributed by atoms with Gasteiger partial charge >= 0.3 is 0 Å². The summed E-state index contributed by atoms with van der Waals surface area (Å²) in [6.07, 6.45) is 1.43.